The maximum Gasteiger partial charge on any atom is 0.270 e. The van der Waals surface area contributed by atoms with Crippen LogP contribution in [0.2, 0.25) is 0 Å². The van der Waals surface area contributed by atoms with E-state index in [1.54, 1.807) is 16.8 Å². The molecule has 1 saturated heterocycles. The number of rotatable bonds is 6. The lowest BCUT2D eigenvalue weighted by Crippen LogP contribution is -2.45. The normalized spacial score (nSPS) is 15.3. The summed E-state index contributed by atoms with van der Waals surface area (Å²) in [6.45, 7) is 6.53. The molecule has 0 atom stereocenters. The van der Waals surface area contributed by atoms with E-state index in [-0.39, 0.29) is 17.8 Å². The molecule has 0 radical (unpaired) electrons. The number of nitrogens with zero attached hydrogens (tertiary/aromatic N) is 5. The van der Waals surface area contributed by atoms with Crippen molar-refractivity contribution in [3.63, 3.8) is 0 Å². The summed E-state index contributed by atoms with van der Waals surface area (Å²) in [5.41, 5.74) is 4.81. The van der Waals surface area contributed by atoms with Gasteiger partial charge < -0.3 is 5.32 Å². The predicted molar refractivity (Wildman–Crippen MR) is 122 cm³/mol. The molecule has 2 aromatic heterocycles. The number of aromatic nitrogens is 4. The fourth-order valence-electron chi connectivity index (χ4n) is 4.51. The van der Waals surface area contributed by atoms with Gasteiger partial charge in [-0.15, -0.1) is 0 Å². The molecule has 3 aromatic rings. The van der Waals surface area contributed by atoms with Crippen LogP contribution in [-0.2, 0) is 27.1 Å². The number of aryl methyl sites for hydroxylation is 3. The van der Waals surface area contributed by atoms with Gasteiger partial charge in [-0.1, -0.05) is 19.1 Å². The van der Waals surface area contributed by atoms with Gasteiger partial charge in [-0.05, 0) is 44.4 Å². The molecule has 7 nitrogen and oxygen atoms in total. The first-order chi connectivity index (χ1) is 15.4. The second-order valence-electron chi connectivity index (χ2n) is 8.55. The number of hydrogen-bond donors (Lipinski definition) is 1. The van der Waals surface area contributed by atoms with Gasteiger partial charge in [0.05, 0.1) is 17.1 Å². The molecule has 0 spiro atoms. The first-order valence-electron chi connectivity index (χ1n) is 11.2. The van der Waals surface area contributed by atoms with E-state index in [0.29, 0.717) is 17.0 Å². The van der Waals surface area contributed by atoms with E-state index in [0.717, 1.165) is 55.8 Å². The summed E-state index contributed by atoms with van der Waals surface area (Å²) >= 11 is 0. The van der Waals surface area contributed by atoms with E-state index in [1.165, 1.54) is 6.07 Å². The number of halogens is 1. The second-order valence-corrected chi connectivity index (χ2v) is 8.55. The smallest absolute Gasteiger partial charge is 0.270 e. The highest BCUT2D eigenvalue weighted by Gasteiger charge is 2.25. The molecule has 1 fully saturated rings. The van der Waals surface area contributed by atoms with E-state index in [2.05, 4.69) is 20.4 Å². The zero-order valence-electron chi connectivity index (χ0n) is 19.2. The van der Waals surface area contributed by atoms with Crippen LogP contribution in [0.15, 0.2) is 30.3 Å². The summed E-state index contributed by atoms with van der Waals surface area (Å²) in [4.78, 5) is 15.2. The number of carbonyl (C=O) groups excluding carboxylic acids is 1. The number of benzene rings is 1. The molecule has 170 valence electrons. The topological polar surface area (TPSA) is 68.0 Å². The highest BCUT2D eigenvalue weighted by atomic mass is 19.1. The molecule has 1 aliphatic heterocycles. The number of nitrogens with one attached hydrogen (secondary N) is 1. The monoisotopic (exact) mass is 438 g/mol. The first-order valence-corrected chi connectivity index (χ1v) is 11.2. The summed E-state index contributed by atoms with van der Waals surface area (Å²) < 4.78 is 17.6. The highest BCUT2D eigenvalue weighted by Crippen LogP contribution is 2.23. The Morgan fingerprint density at radius 1 is 1.16 bits per heavy atom. The van der Waals surface area contributed by atoms with Crippen LogP contribution in [0.25, 0.3) is 11.3 Å². The molecule has 1 aliphatic rings. The minimum atomic E-state index is -0.261. The van der Waals surface area contributed by atoms with E-state index in [4.69, 9.17) is 0 Å². The maximum absolute atomic E-state index is 14.1. The Balaban J connectivity index is 1.34. The number of piperidine rings is 1. The Bertz CT molecular complexity index is 1110. The second kappa shape index (κ2) is 9.24. The molecule has 1 aromatic carbocycles. The summed E-state index contributed by atoms with van der Waals surface area (Å²) in [5, 5.41) is 12.2. The first kappa shape index (κ1) is 22.2. The molecule has 0 saturated carbocycles. The molecule has 0 aliphatic carbocycles. The van der Waals surface area contributed by atoms with Gasteiger partial charge >= 0.3 is 0 Å². The summed E-state index contributed by atoms with van der Waals surface area (Å²) in [6, 6.07) is 8.83. The fraction of sp³-hybridized carbons (Fsp3) is 0.458. The van der Waals surface area contributed by atoms with Crippen LogP contribution in [0, 0.1) is 12.7 Å². The standard InChI is InChI=1S/C24H31FN6O/c1-5-21-16(2)23(30(4)27-21)24(32)26-17-10-12-31(13-11-17)15-18-14-22(28-29(18)3)19-8-6-7-9-20(19)25/h6-9,14,17H,5,10-13,15H2,1-4H3,(H,26,32). The number of likely N-dealkylation sites (tertiary alicyclic amines) is 1. The predicted octanol–water partition coefficient (Wildman–Crippen LogP) is 3.22. The Kier molecular flexibility index (Phi) is 6.41. The lowest BCUT2D eigenvalue weighted by Gasteiger charge is -2.32. The molecular weight excluding hydrogens is 407 g/mol. The number of amides is 1. The quantitative estimate of drug-likeness (QED) is 0.642. The number of carbonyl (C=O) groups is 1. The van der Waals surface area contributed by atoms with Crippen molar-refractivity contribution in [3.8, 4) is 11.3 Å². The van der Waals surface area contributed by atoms with E-state index in [1.807, 2.05) is 44.8 Å². The molecule has 32 heavy (non-hydrogen) atoms. The van der Waals surface area contributed by atoms with Gasteiger partial charge in [0.1, 0.15) is 11.5 Å². The average molecular weight is 439 g/mol. The third-order valence-corrected chi connectivity index (χ3v) is 6.37. The molecular formula is C24H31FN6O. The van der Waals surface area contributed by atoms with Crippen LogP contribution in [-0.4, -0.2) is 49.5 Å². The van der Waals surface area contributed by atoms with E-state index in [9.17, 15) is 9.18 Å². The SMILES string of the molecule is CCc1nn(C)c(C(=O)NC2CCN(Cc3cc(-c4ccccc4F)nn3C)CC2)c1C. The molecule has 4 rings (SSSR count). The Morgan fingerprint density at radius 3 is 2.53 bits per heavy atom. The number of hydrogen-bond acceptors (Lipinski definition) is 4. The largest absolute Gasteiger partial charge is 0.348 e. The van der Waals surface area contributed by atoms with E-state index < -0.39 is 0 Å². The van der Waals surface area contributed by atoms with Crippen LogP contribution < -0.4 is 5.32 Å². The van der Waals surface area contributed by atoms with Gasteiger partial charge in [-0.25, -0.2) is 4.39 Å². The Labute approximate surface area is 188 Å². The minimum absolute atomic E-state index is 0.0446. The third-order valence-electron chi connectivity index (χ3n) is 6.37. The van der Waals surface area contributed by atoms with Crippen LogP contribution in [0.1, 0.15) is 47.2 Å². The zero-order valence-corrected chi connectivity index (χ0v) is 19.2. The third kappa shape index (κ3) is 4.46. The zero-order chi connectivity index (χ0) is 22.8. The van der Waals surface area contributed by atoms with Crippen LogP contribution in [0.3, 0.4) is 0 Å². The molecule has 1 N–H and O–H groups in total. The van der Waals surface area contributed by atoms with Crippen molar-refractivity contribution in [3.05, 3.63) is 58.8 Å². The molecule has 3 heterocycles. The van der Waals surface area contributed by atoms with Crippen molar-refractivity contribution in [2.24, 2.45) is 14.1 Å². The van der Waals surface area contributed by atoms with Crippen molar-refractivity contribution in [2.75, 3.05) is 13.1 Å². The lowest BCUT2D eigenvalue weighted by atomic mass is 10.0. The highest BCUT2D eigenvalue weighted by molar-refractivity contribution is 5.94. The van der Waals surface area contributed by atoms with E-state index >= 15 is 0 Å². The summed E-state index contributed by atoms with van der Waals surface area (Å²) in [7, 11) is 3.72. The summed E-state index contributed by atoms with van der Waals surface area (Å²) in [6.07, 6.45) is 2.60. The van der Waals surface area contributed by atoms with Crippen molar-refractivity contribution in [1.82, 2.24) is 29.8 Å². The maximum atomic E-state index is 14.1. The van der Waals surface area contributed by atoms with Crippen molar-refractivity contribution < 1.29 is 9.18 Å². The van der Waals surface area contributed by atoms with Gasteiger partial charge in [-0.3, -0.25) is 19.1 Å². The Hall–Kier alpha value is -3.00. The molecule has 8 heteroatoms. The minimum Gasteiger partial charge on any atom is -0.348 e. The van der Waals surface area contributed by atoms with Crippen molar-refractivity contribution >= 4 is 5.91 Å². The van der Waals surface area contributed by atoms with Gasteiger partial charge in [0, 0.05) is 50.9 Å². The van der Waals surface area contributed by atoms with Gasteiger partial charge in [-0.2, -0.15) is 10.2 Å². The summed E-state index contributed by atoms with van der Waals surface area (Å²) in [5.74, 6) is -0.305. The molecule has 0 bridgehead atoms. The Morgan fingerprint density at radius 2 is 1.88 bits per heavy atom. The van der Waals surface area contributed by atoms with Crippen LogP contribution in [0.4, 0.5) is 4.39 Å². The van der Waals surface area contributed by atoms with Crippen molar-refractivity contribution in [1.29, 1.82) is 0 Å². The molecule has 0 unspecified atom stereocenters. The van der Waals surface area contributed by atoms with Crippen molar-refractivity contribution in [2.45, 2.75) is 45.7 Å². The van der Waals surface area contributed by atoms with Gasteiger partial charge in [0.25, 0.3) is 5.91 Å². The average Bonchev–Trinajstić information content (AvgIpc) is 3.27. The molecule has 1 amide bonds. The van der Waals surface area contributed by atoms with Crippen LogP contribution in [0.5, 0.6) is 0 Å². The fourth-order valence-corrected chi connectivity index (χ4v) is 4.51. The van der Waals surface area contributed by atoms with Gasteiger partial charge in [0.2, 0.25) is 0 Å². The van der Waals surface area contributed by atoms with Gasteiger partial charge in [0.15, 0.2) is 0 Å². The van der Waals surface area contributed by atoms with Crippen LogP contribution >= 0.6 is 0 Å². The lowest BCUT2D eigenvalue weighted by molar-refractivity contribution is 0.0898.